The fourth-order valence-electron chi connectivity index (χ4n) is 4.22. The second-order valence-corrected chi connectivity index (χ2v) is 7.44. The molecule has 0 aromatic heterocycles. The minimum atomic E-state index is 0.338. The van der Waals surface area contributed by atoms with Gasteiger partial charge in [0.1, 0.15) is 5.75 Å². The maximum atomic E-state index is 6.58. The summed E-state index contributed by atoms with van der Waals surface area (Å²) in [5, 5.41) is 0. The molecule has 1 aliphatic rings. The Bertz CT molecular complexity index is 622. The first-order valence-electron chi connectivity index (χ1n) is 9.69. The number of hydrogen-bond donors (Lipinski definition) is 1. The van der Waals surface area contributed by atoms with Crippen molar-refractivity contribution < 1.29 is 4.74 Å². The summed E-state index contributed by atoms with van der Waals surface area (Å²) in [6, 6.07) is 19.7. The van der Waals surface area contributed by atoms with Crippen LogP contribution in [0.1, 0.15) is 55.6 Å². The second-order valence-electron chi connectivity index (χ2n) is 7.44. The van der Waals surface area contributed by atoms with Crippen LogP contribution in [0.2, 0.25) is 0 Å². The molecule has 0 aliphatic heterocycles. The minimum Gasteiger partial charge on any atom is -0.497 e. The van der Waals surface area contributed by atoms with E-state index in [-0.39, 0.29) is 0 Å². The molecule has 3 unspecified atom stereocenters. The first-order valence-corrected chi connectivity index (χ1v) is 9.69. The number of rotatable bonds is 7. The molecule has 25 heavy (non-hydrogen) atoms. The van der Waals surface area contributed by atoms with Crippen molar-refractivity contribution in [3.8, 4) is 5.75 Å². The van der Waals surface area contributed by atoms with Gasteiger partial charge in [0.25, 0.3) is 0 Å². The summed E-state index contributed by atoms with van der Waals surface area (Å²) in [4.78, 5) is 0. The van der Waals surface area contributed by atoms with Gasteiger partial charge in [0, 0.05) is 6.04 Å². The molecule has 0 radical (unpaired) electrons. The second kappa shape index (κ2) is 9.05. The molecule has 2 aromatic rings. The van der Waals surface area contributed by atoms with Crippen LogP contribution in [0.15, 0.2) is 54.6 Å². The molecule has 2 nitrogen and oxygen atoms in total. The van der Waals surface area contributed by atoms with Gasteiger partial charge in [-0.05, 0) is 73.6 Å². The van der Waals surface area contributed by atoms with Crippen molar-refractivity contribution in [2.75, 3.05) is 7.11 Å². The summed E-state index contributed by atoms with van der Waals surface area (Å²) in [5.41, 5.74) is 9.45. The summed E-state index contributed by atoms with van der Waals surface area (Å²) < 4.78 is 5.28. The minimum absolute atomic E-state index is 0.338. The van der Waals surface area contributed by atoms with Gasteiger partial charge < -0.3 is 10.5 Å². The van der Waals surface area contributed by atoms with Crippen molar-refractivity contribution in [2.45, 2.75) is 56.9 Å². The molecule has 0 bridgehead atoms. The Labute approximate surface area is 152 Å². The molecule has 3 atom stereocenters. The van der Waals surface area contributed by atoms with Crippen LogP contribution in [0.5, 0.6) is 5.75 Å². The molecule has 2 N–H and O–H groups in total. The Kier molecular flexibility index (Phi) is 6.52. The van der Waals surface area contributed by atoms with Crippen molar-refractivity contribution in [2.24, 2.45) is 11.7 Å². The van der Waals surface area contributed by atoms with Gasteiger partial charge in [-0.3, -0.25) is 0 Å². The highest BCUT2D eigenvalue weighted by molar-refractivity contribution is 5.29. The normalized spacial score (nSPS) is 21.7. The quantitative estimate of drug-likeness (QED) is 0.742. The highest BCUT2D eigenvalue weighted by atomic mass is 16.5. The Morgan fingerprint density at radius 3 is 2.52 bits per heavy atom. The lowest BCUT2D eigenvalue weighted by molar-refractivity contribution is 0.267. The molecule has 3 rings (SSSR count). The predicted octanol–water partition coefficient (Wildman–Crippen LogP) is 5.32. The largest absolute Gasteiger partial charge is 0.497 e. The number of benzene rings is 2. The molecule has 2 heteroatoms. The van der Waals surface area contributed by atoms with Crippen molar-refractivity contribution in [3.05, 3.63) is 65.7 Å². The zero-order valence-electron chi connectivity index (χ0n) is 15.4. The lowest BCUT2D eigenvalue weighted by Gasteiger charge is -2.33. The summed E-state index contributed by atoms with van der Waals surface area (Å²) in [5.74, 6) is 2.26. The van der Waals surface area contributed by atoms with E-state index in [1.165, 1.54) is 43.2 Å². The monoisotopic (exact) mass is 337 g/mol. The summed E-state index contributed by atoms with van der Waals surface area (Å²) in [7, 11) is 1.72. The van der Waals surface area contributed by atoms with Crippen LogP contribution in [0.3, 0.4) is 0 Å². The Balaban J connectivity index is 1.49. The molecule has 1 fully saturated rings. The van der Waals surface area contributed by atoms with E-state index in [2.05, 4.69) is 54.6 Å². The van der Waals surface area contributed by atoms with Crippen LogP contribution in [-0.4, -0.2) is 13.2 Å². The van der Waals surface area contributed by atoms with E-state index < -0.39 is 0 Å². The van der Waals surface area contributed by atoms with Crippen molar-refractivity contribution in [1.29, 1.82) is 0 Å². The van der Waals surface area contributed by atoms with Crippen LogP contribution in [-0.2, 0) is 6.42 Å². The van der Waals surface area contributed by atoms with Gasteiger partial charge in [-0.2, -0.15) is 0 Å². The first-order chi connectivity index (χ1) is 12.3. The summed E-state index contributed by atoms with van der Waals surface area (Å²) >= 11 is 0. The molecule has 2 aromatic carbocycles. The SMILES string of the molecule is COc1ccc(C2CCCC(C(N)CCCc3ccccc3)C2)cc1. The Morgan fingerprint density at radius 1 is 1.04 bits per heavy atom. The lowest BCUT2D eigenvalue weighted by Crippen LogP contribution is -2.33. The van der Waals surface area contributed by atoms with E-state index in [1.807, 2.05) is 0 Å². The molecular weight excluding hydrogens is 306 g/mol. The van der Waals surface area contributed by atoms with Gasteiger partial charge in [-0.15, -0.1) is 0 Å². The van der Waals surface area contributed by atoms with Crippen LogP contribution in [0, 0.1) is 5.92 Å². The van der Waals surface area contributed by atoms with E-state index in [0.29, 0.717) is 17.9 Å². The number of aryl methyl sites for hydroxylation is 1. The Morgan fingerprint density at radius 2 is 1.80 bits per heavy atom. The third-order valence-electron chi connectivity index (χ3n) is 5.75. The topological polar surface area (TPSA) is 35.2 Å². The number of ether oxygens (including phenoxy) is 1. The third-order valence-corrected chi connectivity index (χ3v) is 5.75. The summed E-state index contributed by atoms with van der Waals surface area (Å²) in [6.45, 7) is 0. The highest BCUT2D eigenvalue weighted by Crippen LogP contribution is 2.38. The van der Waals surface area contributed by atoms with Gasteiger partial charge >= 0.3 is 0 Å². The average molecular weight is 338 g/mol. The van der Waals surface area contributed by atoms with E-state index in [1.54, 1.807) is 7.11 Å². The smallest absolute Gasteiger partial charge is 0.118 e. The van der Waals surface area contributed by atoms with Crippen LogP contribution < -0.4 is 10.5 Å². The van der Waals surface area contributed by atoms with Crippen molar-refractivity contribution in [3.63, 3.8) is 0 Å². The third kappa shape index (κ3) is 5.09. The van der Waals surface area contributed by atoms with Crippen LogP contribution in [0.4, 0.5) is 0 Å². The fraction of sp³-hybridized carbons (Fsp3) is 0.478. The standard InChI is InChI=1S/C23H31NO/c1-25-22-15-13-19(14-16-22)20-10-6-11-21(17-20)23(24)12-5-9-18-7-3-2-4-8-18/h2-4,7-8,13-16,20-21,23H,5-6,9-12,17,24H2,1H3. The van der Waals surface area contributed by atoms with Gasteiger partial charge in [0.15, 0.2) is 0 Å². The first kappa shape index (κ1) is 18.0. The molecular formula is C23H31NO. The fourth-order valence-corrected chi connectivity index (χ4v) is 4.22. The van der Waals surface area contributed by atoms with Gasteiger partial charge in [-0.1, -0.05) is 48.9 Å². The molecule has 1 saturated carbocycles. The number of nitrogens with two attached hydrogens (primary N) is 1. The van der Waals surface area contributed by atoms with Crippen molar-refractivity contribution in [1.82, 2.24) is 0 Å². The lowest BCUT2D eigenvalue weighted by atomic mass is 9.74. The van der Waals surface area contributed by atoms with Crippen LogP contribution >= 0.6 is 0 Å². The van der Waals surface area contributed by atoms with E-state index in [4.69, 9.17) is 10.5 Å². The van der Waals surface area contributed by atoms with E-state index in [9.17, 15) is 0 Å². The van der Waals surface area contributed by atoms with E-state index in [0.717, 1.165) is 18.6 Å². The number of hydrogen-bond acceptors (Lipinski definition) is 2. The Hall–Kier alpha value is -1.80. The molecule has 134 valence electrons. The molecule has 0 amide bonds. The zero-order valence-corrected chi connectivity index (χ0v) is 15.4. The number of methoxy groups -OCH3 is 1. The maximum absolute atomic E-state index is 6.58. The average Bonchev–Trinajstić information content (AvgIpc) is 2.69. The molecule has 0 spiro atoms. The highest BCUT2D eigenvalue weighted by Gasteiger charge is 2.27. The molecule has 0 heterocycles. The van der Waals surface area contributed by atoms with E-state index >= 15 is 0 Å². The zero-order chi connectivity index (χ0) is 17.5. The summed E-state index contributed by atoms with van der Waals surface area (Å²) in [6.07, 6.45) is 8.58. The predicted molar refractivity (Wildman–Crippen MR) is 105 cm³/mol. The maximum Gasteiger partial charge on any atom is 0.118 e. The van der Waals surface area contributed by atoms with Crippen LogP contribution in [0.25, 0.3) is 0 Å². The van der Waals surface area contributed by atoms with Crippen molar-refractivity contribution >= 4 is 0 Å². The molecule has 0 saturated heterocycles. The van der Waals surface area contributed by atoms with Gasteiger partial charge in [0.2, 0.25) is 0 Å². The van der Waals surface area contributed by atoms with Gasteiger partial charge in [-0.25, -0.2) is 0 Å². The van der Waals surface area contributed by atoms with Gasteiger partial charge in [0.05, 0.1) is 7.11 Å². The molecule has 1 aliphatic carbocycles.